The van der Waals surface area contributed by atoms with Crippen molar-refractivity contribution in [3.63, 3.8) is 0 Å². The molecular formula is C21H23N3O3S. The predicted molar refractivity (Wildman–Crippen MR) is 109 cm³/mol. The number of hydrogen-bond donors (Lipinski definition) is 1. The molecule has 1 atom stereocenters. The number of amidine groups is 1. The van der Waals surface area contributed by atoms with Crippen molar-refractivity contribution in [3.8, 4) is 0 Å². The van der Waals surface area contributed by atoms with Crippen molar-refractivity contribution in [1.82, 2.24) is 4.90 Å². The first-order valence-corrected chi connectivity index (χ1v) is 11.0. The SMILES string of the molecule is CCc1cccc(NC(=O)[C@H]2CCCCN2C2=NS(=O)(=O)c3ccccc32)c1. The van der Waals surface area contributed by atoms with Gasteiger partial charge in [0, 0.05) is 17.8 Å². The highest BCUT2D eigenvalue weighted by molar-refractivity contribution is 7.90. The van der Waals surface area contributed by atoms with Gasteiger partial charge in [-0.2, -0.15) is 8.42 Å². The highest BCUT2D eigenvalue weighted by Crippen LogP contribution is 2.31. The van der Waals surface area contributed by atoms with Crippen molar-refractivity contribution < 1.29 is 13.2 Å². The fourth-order valence-electron chi connectivity index (χ4n) is 3.85. The number of aryl methyl sites for hydroxylation is 1. The molecule has 1 saturated heterocycles. The highest BCUT2D eigenvalue weighted by Gasteiger charge is 2.37. The number of likely N-dealkylation sites (tertiary alicyclic amines) is 1. The van der Waals surface area contributed by atoms with E-state index in [1.54, 1.807) is 24.3 Å². The van der Waals surface area contributed by atoms with Crippen LogP contribution in [0.2, 0.25) is 0 Å². The van der Waals surface area contributed by atoms with Crippen LogP contribution >= 0.6 is 0 Å². The molecule has 0 aromatic heterocycles. The Hall–Kier alpha value is -2.67. The standard InChI is InChI=1S/C21H23N3O3S/c1-2-15-8-7-9-16(14-15)22-21(25)18-11-5-6-13-24(18)20-17-10-3-4-12-19(17)28(26,27)23-20/h3-4,7-10,12,14,18H,2,5-6,11,13H2,1H3,(H,22,25)/t18-/m1/s1. The van der Waals surface area contributed by atoms with Gasteiger partial charge in [-0.25, -0.2) is 0 Å². The van der Waals surface area contributed by atoms with E-state index in [0.717, 1.165) is 30.5 Å². The number of carbonyl (C=O) groups excluding carboxylic acids is 1. The number of hydrogen-bond acceptors (Lipinski definition) is 4. The van der Waals surface area contributed by atoms with E-state index in [0.29, 0.717) is 24.4 Å². The van der Waals surface area contributed by atoms with Crippen molar-refractivity contribution in [1.29, 1.82) is 0 Å². The van der Waals surface area contributed by atoms with Crippen LogP contribution in [0.4, 0.5) is 5.69 Å². The van der Waals surface area contributed by atoms with E-state index in [1.165, 1.54) is 0 Å². The molecule has 2 aliphatic heterocycles. The topological polar surface area (TPSA) is 78.8 Å². The largest absolute Gasteiger partial charge is 0.343 e. The second kappa shape index (κ2) is 7.39. The fraction of sp³-hybridized carbons (Fsp3) is 0.333. The van der Waals surface area contributed by atoms with Crippen LogP contribution in [-0.4, -0.2) is 37.6 Å². The predicted octanol–water partition coefficient (Wildman–Crippen LogP) is 3.19. The van der Waals surface area contributed by atoms with E-state index in [9.17, 15) is 13.2 Å². The van der Waals surface area contributed by atoms with E-state index in [1.807, 2.05) is 29.2 Å². The first-order valence-electron chi connectivity index (χ1n) is 9.60. The summed E-state index contributed by atoms with van der Waals surface area (Å²) >= 11 is 0. The summed E-state index contributed by atoms with van der Waals surface area (Å²) in [6.07, 6.45) is 3.38. The molecule has 2 aromatic carbocycles. The molecule has 0 radical (unpaired) electrons. The van der Waals surface area contributed by atoms with Gasteiger partial charge in [-0.15, -0.1) is 4.40 Å². The zero-order chi connectivity index (χ0) is 19.7. The van der Waals surface area contributed by atoms with Gasteiger partial charge >= 0.3 is 0 Å². The number of fused-ring (bicyclic) bond motifs is 1. The maximum atomic E-state index is 13.1. The van der Waals surface area contributed by atoms with Gasteiger partial charge in [0.15, 0.2) is 5.84 Å². The van der Waals surface area contributed by atoms with Crippen molar-refractivity contribution in [2.75, 3.05) is 11.9 Å². The van der Waals surface area contributed by atoms with Crippen molar-refractivity contribution in [2.24, 2.45) is 4.40 Å². The monoisotopic (exact) mass is 397 g/mol. The minimum absolute atomic E-state index is 0.127. The Morgan fingerprint density at radius 3 is 2.82 bits per heavy atom. The Morgan fingerprint density at radius 1 is 1.18 bits per heavy atom. The molecule has 2 aromatic rings. The molecule has 6 nitrogen and oxygen atoms in total. The normalized spacial score (nSPS) is 20.4. The Balaban J connectivity index is 1.63. The summed E-state index contributed by atoms with van der Waals surface area (Å²) in [5.41, 5.74) is 2.49. The lowest BCUT2D eigenvalue weighted by molar-refractivity contribution is -0.120. The summed E-state index contributed by atoms with van der Waals surface area (Å²) in [6.45, 7) is 2.68. The zero-order valence-electron chi connectivity index (χ0n) is 15.8. The molecule has 1 amide bonds. The molecule has 0 saturated carbocycles. The summed E-state index contributed by atoms with van der Waals surface area (Å²) < 4.78 is 28.9. The smallest absolute Gasteiger partial charge is 0.285 e. The van der Waals surface area contributed by atoms with Crippen LogP contribution in [0.15, 0.2) is 57.8 Å². The van der Waals surface area contributed by atoms with Gasteiger partial charge in [-0.05, 0) is 55.5 Å². The molecule has 0 unspecified atom stereocenters. The quantitative estimate of drug-likeness (QED) is 0.863. The molecule has 1 N–H and O–H groups in total. The van der Waals surface area contributed by atoms with Crippen LogP contribution in [0.1, 0.15) is 37.3 Å². The third-order valence-electron chi connectivity index (χ3n) is 5.29. The fourth-order valence-corrected chi connectivity index (χ4v) is 5.06. The first-order chi connectivity index (χ1) is 13.5. The van der Waals surface area contributed by atoms with E-state index >= 15 is 0 Å². The summed E-state index contributed by atoms with van der Waals surface area (Å²) in [5, 5.41) is 3.00. The van der Waals surface area contributed by atoms with Crippen LogP contribution < -0.4 is 5.32 Å². The second-order valence-corrected chi connectivity index (χ2v) is 8.71. The molecule has 146 valence electrons. The molecule has 2 aliphatic rings. The number of anilines is 1. The van der Waals surface area contributed by atoms with Crippen molar-refractivity contribution in [2.45, 2.75) is 43.5 Å². The number of rotatable bonds is 3. The van der Waals surface area contributed by atoms with Gasteiger partial charge < -0.3 is 10.2 Å². The number of benzene rings is 2. The van der Waals surface area contributed by atoms with Crippen LogP contribution in [-0.2, 0) is 21.2 Å². The molecule has 0 bridgehead atoms. The summed E-state index contributed by atoms with van der Waals surface area (Å²) in [4.78, 5) is 15.1. The number of nitrogens with one attached hydrogen (secondary N) is 1. The Bertz CT molecular complexity index is 1050. The van der Waals surface area contributed by atoms with Gasteiger partial charge in [0.25, 0.3) is 10.0 Å². The summed E-state index contributed by atoms with van der Waals surface area (Å²) in [6, 6.07) is 14.2. The lowest BCUT2D eigenvalue weighted by atomic mass is 9.99. The maximum Gasteiger partial charge on any atom is 0.285 e. The summed E-state index contributed by atoms with van der Waals surface area (Å²) in [7, 11) is -3.71. The highest BCUT2D eigenvalue weighted by atomic mass is 32.2. The number of carbonyl (C=O) groups is 1. The lowest BCUT2D eigenvalue weighted by Crippen LogP contribution is -2.50. The average molecular weight is 398 g/mol. The Kier molecular flexibility index (Phi) is 4.93. The number of nitrogens with zero attached hydrogens (tertiary/aromatic N) is 2. The first kappa shape index (κ1) is 18.7. The Labute approximate surface area is 165 Å². The van der Waals surface area contributed by atoms with Crippen LogP contribution in [0.25, 0.3) is 0 Å². The number of sulfonamides is 1. The Morgan fingerprint density at radius 2 is 2.00 bits per heavy atom. The van der Waals surface area contributed by atoms with Gasteiger partial charge in [0.2, 0.25) is 5.91 Å². The van der Waals surface area contributed by atoms with E-state index in [2.05, 4.69) is 16.6 Å². The van der Waals surface area contributed by atoms with Gasteiger partial charge in [-0.1, -0.05) is 31.2 Å². The van der Waals surface area contributed by atoms with Crippen LogP contribution in [0, 0.1) is 0 Å². The van der Waals surface area contributed by atoms with Gasteiger partial charge in [0.1, 0.15) is 10.9 Å². The van der Waals surface area contributed by atoms with E-state index < -0.39 is 16.1 Å². The lowest BCUT2D eigenvalue weighted by Gasteiger charge is -2.36. The zero-order valence-corrected chi connectivity index (χ0v) is 16.6. The van der Waals surface area contributed by atoms with Crippen molar-refractivity contribution in [3.05, 3.63) is 59.7 Å². The van der Waals surface area contributed by atoms with Gasteiger partial charge in [-0.3, -0.25) is 4.79 Å². The number of piperidine rings is 1. The van der Waals surface area contributed by atoms with Crippen LogP contribution in [0.3, 0.4) is 0 Å². The maximum absolute atomic E-state index is 13.1. The van der Waals surface area contributed by atoms with Crippen LogP contribution in [0.5, 0.6) is 0 Å². The van der Waals surface area contributed by atoms with Crippen molar-refractivity contribution >= 4 is 27.5 Å². The van der Waals surface area contributed by atoms with E-state index in [4.69, 9.17) is 0 Å². The summed E-state index contributed by atoms with van der Waals surface area (Å²) in [5.74, 6) is 0.259. The number of amides is 1. The molecule has 7 heteroatoms. The molecule has 2 heterocycles. The molecule has 0 spiro atoms. The minimum atomic E-state index is -3.71. The molecular weight excluding hydrogens is 374 g/mol. The third-order valence-corrected chi connectivity index (χ3v) is 6.62. The molecule has 1 fully saturated rings. The molecule has 4 rings (SSSR count). The third kappa shape index (κ3) is 3.42. The average Bonchev–Trinajstić information content (AvgIpc) is 2.99. The molecule has 28 heavy (non-hydrogen) atoms. The second-order valence-electron chi connectivity index (χ2n) is 7.13. The van der Waals surface area contributed by atoms with E-state index in [-0.39, 0.29) is 10.8 Å². The minimum Gasteiger partial charge on any atom is -0.343 e. The molecule has 0 aliphatic carbocycles. The van der Waals surface area contributed by atoms with Gasteiger partial charge in [0.05, 0.1) is 0 Å².